The summed E-state index contributed by atoms with van der Waals surface area (Å²) >= 11 is 3.05. The summed E-state index contributed by atoms with van der Waals surface area (Å²) in [6.45, 7) is 4.04. The molecule has 0 unspecified atom stereocenters. The van der Waals surface area contributed by atoms with Gasteiger partial charge in [0.2, 0.25) is 0 Å². The van der Waals surface area contributed by atoms with Gasteiger partial charge < -0.3 is 4.74 Å². The van der Waals surface area contributed by atoms with Gasteiger partial charge in [0.15, 0.2) is 11.6 Å². The number of halogens is 1. The number of aryl methyl sites for hydroxylation is 1. The van der Waals surface area contributed by atoms with Crippen LogP contribution in [0.3, 0.4) is 0 Å². The van der Waals surface area contributed by atoms with Crippen molar-refractivity contribution in [3.8, 4) is 10.7 Å². The molecule has 146 valence electrons. The second-order valence-corrected chi connectivity index (χ2v) is 8.09. The standard InChI is InChI=1S/C18H16N4O3S2.ClH/c1-9-7-13(23)22(18(9)24)21-16-14-10(2)12(8-25-3)27-17(14)20-15(19-16)11-5-4-6-26-11;/h4-7H,8H2,1-3H3,(H,19,20,21);1H. The Bertz CT molecular complexity index is 1090. The van der Waals surface area contributed by atoms with Crippen LogP contribution in [0.4, 0.5) is 5.82 Å². The first-order chi connectivity index (χ1) is 13.0. The van der Waals surface area contributed by atoms with Crippen molar-refractivity contribution in [2.75, 3.05) is 12.5 Å². The molecule has 4 heterocycles. The average molecular weight is 437 g/mol. The van der Waals surface area contributed by atoms with E-state index in [4.69, 9.17) is 9.72 Å². The molecule has 0 spiro atoms. The number of anilines is 1. The molecule has 3 aromatic rings. The van der Waals surface area contributed by atoms with Crippen molar-refractivity contribution in [1.82, 2.24) is 15.0 Å². The number of amides is 2. The molecule has 4 rings (SSSR count). The minimum atomic E-state index is -0.410. The molecular formula is C18H17ClN4O3S2. The number of hydrazine groups is 1. The lowest BCUT2D eigenvalue weighted by molar-refractivity contribution is -0.135. The van der Waals surface area contributed by atoms with Gasteiger partial charge >= 0.3 is 0 Å². The third kappa shape index (κ3) is 3.42. The van der Waals surface area contributed by atoms with Gasteiger partial charge in [-0.25, -0.2) is 9.97 Å². The quantitative estimate of drug-likeness (QED) is 0.610. The van der Waals surface area contributed by atoms with Crippen LogP contribution in [0.1, 0.15) is 17.4 Å². The summed E-state index contributed by atoms with van der Waals surface area (Å²) in [5, 5.41) is 3.73. The summed E-state index contributed by atoms with van der Waals surface area (Å²) in [6, 6.07) is 3.86. The second-order valence-electron chi connectivity index (χ2n) is 6.05. The smallest absolute Gasteiger partial charge is 0.275 e. The highest BCUT2D eigenvalue weighted by atomic mass is 35.5. The highest BCUT2D eigenvalue weighted by molar-refractivity contribution is 7.19. The van der Waals surface area contributed by atoms with Crippen LogP contribution in [0.25, 0.3) is 20.9 Å². The minimum Gasteiger partial charge on any atom is -0.379 e. The van der Waals surface area contributed by atoms with Gasteiger partial charge in [0.1, 0.15) is 4.83 Å². The first-order valence-electron chi connectivity index (χ1n) is 8.15. The Morgan fingerprint density at radius 1 is 1.25 bits per heavy atom. The van der Waals surface area contributed by atoms with E-state index in [1.165, 1.54) is 28.7 Å². The molecule has 10 heteroatoms. The molecule has 1 N–H and O–H groups in total. The molecule has 0 bridgehead atoms. The summed E-state index contributed by atoms with van der Waals surface area (Å²) < 4.78 is 5.28. The van der Waals surface area contributed by atoms with Gasteiger partial charge in [-0.2, -0.15) is 5.01 Å². The Morgan fingerprint density at radius 2 is 2.04 bits per heavy atom. The number of hydrogen-bond donors (Lipinski definition) is 1. The normalized spacial score (nSPS) is 13.8. The van der Waals surface area contributed by atoms with Crippen molar-refractivity contribution >= 4 is 62.9 Å². The molecule has 0 fully saturated rings. The number of hydrogen-bond acceptors (Lipinski definition) is 8. The Hall–Kier alpha value is -2.33. The first kappa shape index (κ1) is 20.4. The van der Waals surface area contributed by atoms with E-state index in [1.54, 1.807) is 14.0 Å². The second kappa shape index (κ2) is 7.96. The number of ether oxygens (including phenoxy) is 1. The molecule has 0 saturated carbocycles. The van der Waals surface area contributed by atoms with Crippen LogP contribution >= 0.6 is 35.1 Å². The lowest BCUT2D eigenvalue weighted by Gasteiger charge is -2.17. The molecule has 0 aliphatic carbocycles. The molecule has 2 amide bonds. The maximum absolute atomic E-state index is 12.3. The average Bonchev–Trinajstić information content (AvgIpc) is 3.33. The summed E-state index contributed by atoms with van der Waals surface area (Å²) in [6.07, 6.45) is 1.31. The van der Waals surface area contributed by atoms with Crippen LogP contribution in [0, 0.1) is 6.92 Å². The lowest BCUT2D eigenvalue weighted by Crippen LogP contribution is -2.36. The van der Waals surface area contributed by atoms with Crippen molar-refractivity contribution in [2.45, 2.75) is 20.5 Å². The molecule has 28 heavy (non-hydrogen) atoms. The highest BCUT2D eigenvalue weighted by Gasteiger charge is 2.30. The topological polar surface area (TPSA) is 84.4 Å². The van der Waals surface area contributed by atoms with Crippen molar-refractivity contribution in [2.24, 2.45) is 0 Å². The molecule has 3 aromatic heterocycles. The van der Waals surface area contributed by atoms with Gasteiger partial charge in [-0.15, -0.1) is 35.1 Å². The number of imide groups is 1. The van der Waals surface area contributed by atoms with Gasteiger partial charge in [-0.1, -0.05) is 6.07 Å². The number of fused-ring (bicyclic) bond motifs is 1. The SMILES string of the molecule is COCc1sc2nc(-c3cccs3)nc(NN3C(=O)C=C(C)C3=O)c2c1C.Cl. The van der Waals surface area contributed by atoms with Crippen molar-refractivity contribution in [1.29, 1.82) is 0 Å². The molecule has 0 atom stereocenters. The van der Waals surface area contributed by atoms with Crippen LogP contribution in [-0.4, -0.2) is 33.9 Å². The summed E-state index contributed by atoms with van der Waals surface area (Å²) in [4.78, 5) is 36.5. The number of nitrogens with one attached hydrogen (secondary N) is 1. The monoisotopic (exact) mass is 436 g/mol. The third-order valence-corrected chi connectivity index (χ3v) is 6.25. The zero-order valence-corrected chi connectivity index (χ0v) is 17.8. The fourth-order valence-corrected chi connectivity index (χ4v) is 4.66. The Balaban J connectivity index is 0.00000225. The number of carbonyl (C=O) groups is 2. The minimum absolute atomic E-state index is 0. The van der Waals surface area contributed by atoms with Crippen molar-refractivity contribution < 1.29 is 14.3 Å². The van der Waals surface area contributed by atoms with E-state index < -0.39 is 5.91 Å². The largest absolute Gasteiger partial charge is 0.379 e. The Kier molecular flexibility index (Phi) is 5.80. The number of carbonyl (C=O) groups excluding carboxylic acids is 2. The third-order valence-electron chi connectivity index (χ3n) is 4.22. The molecule has 0 radical (unpaired) electrons. The van der Waals surface area contributed by atoms with Gasteiger partial charge in [-0.05, 0) is 30.9 Å². The molecule has 0 aromatic carbocycles. The first-order valence-corrected chi connectivity index (χ1v) is 9.85. The van der Waals surface area contributed by atoms with E-state index in [0.717, 1.165) is 30.5 Å². The van der Waals surface area contributed by atoms with Crippen LogP contribution in [-0.2, 0) is 20.9 Å². The number of nitrogens with zero attached hydrogens (tertiary/aromatic N) is 3. The number of thiophene rings is 2. The van der Waals surface area contributed by atoms with Crippen LogP contribution in [0.15, 0.2) is 29.2 Å². The van der Waals surface area contributed by atoms with Gasteiger partial charge in [0, 0.05) is 23.6 Å². The van der Waals surface area contributed by atoms with Crippen molar-refractivity contribution in [3.05, 3.63) is 39.6 Å². The van der Waals surface area contributed by atoms with E-state index in [1.807, 2.05) is 24.4 Å². The molecule has 0 saturated heterocycles. The van der Waals surface area contributed by atoms with Gasteiger partial charge in [0.25, 0.3) is 11.8 Å². The van der Waals surface area contributed by atoms with Crippen LogP contribution in [0.2, 0.25) is 0 Å². The van der Waals surface area contributed by atoms with E-state index in [2.05, 4.69) is 10.4 Å². The summed E-state index contributed by atoms with van der Waals surface area (Å²) in [5.41, 5.74) is 4.27. The van der Waals surface area contributed by atoms with Crippen molar-refractivity contribution in [3.63, 3.8) is 0 Å². The van der Waals surface area contributed by atoms with Crippen LogP contribution < -0.4 is 5.43 Å². The number of rotatable bonds is 5. The zero-order chi connectivity index (χ0) is 19.1. The molecule has 1 aliphatic heterocycles. The fourth-order valence-electron chi connectivity index (χ4n) is 2.85. The summed E-state index contributed by atoms with van der Waals surface area (Å²) in [5.74, 6) is 0.194. The maximum Gasteiger partial charge on any atom is 0.275 e. The van der Waals surface area contributed by atoms with Gasteiger partial charge in [-0.3, -0.25) is 15.0 Å². The number of methoxy groups -OCH3 is 1. The zero-order valence-electron chi connectivity index (χ0n) is 15.3. The van der Waals surface area contributed by atoms with Gasteiger partial charge in [0.05, 0.1) is 16.9 Å². The van der Waals surface area contributed by atoms with Crippen LogP contribution in [0.5, 0.6) is 0 Å². The van der Waals surface area contributed by atoms with E-state index in [9.17, 15) is 9.59 Å². The van der Waals surface area contributed by atoms with E-state index >= 15 is 0 Å². The predicted molar refractivity (Wildman–Crippen MR) is 113 cm³/mol. The maximum atomic E-state index is 12.3. The number of aromatic nitrogens is 2. The Morgan fingerprint density at radius 3 is 2.64 bits per heavy atom. The highest BCUT2D eigenvalue weighted by Crippen LogP contribution is 2.37. The fraction of sp³-hybridized carbons (Fsp3) is 0.222. The Labute approximate surface area is 175 Å². The van der Waals surface area contributed by atoms with E-state index in [0.29, 0.717) is 23.8 Å². The lowest BCUT2D eigenvalue weighted by atomic mass is 10.2. The summed E-state index contributed by atoms with van der Waals surface area (Å²) in [7, 11) is 1.64. The van der Waals surface area contributed by atoms with E-state index in [-0.39, 0.29) is 18.3 Å². The molecule has 7 nitrogen and oxygen atoms in total. The predicted octanol–water partition coefficient (Wildman–Crippen LogP) is 3.94. The molecular weight excluding hydrogens is 420 g/mol. The molecule has 1 aliphatic rings.